The molecule has 0 radical (unpaired) electrons. The highest BCUT2D eigenvalue weighted by molar-refractivity contribution is 5.70. The van der Waals surface area contributed by atoms with E-state index in [-0.39, 0.29) is 12.5 Å². The van der Waals surface area contributed by atoms with Crippen molar-refractivity contribution in [1.82, 2.24) is 0 Å². The molecule has 0 saturated heterocycles. The van der Waals surface area contributed by atoms with Gasteiger partial charge in [-0.2, -0.15) is 0 Å². The van der Waals surface area contributed by atoms with E-state index in [0.717, 1.165) is 0 Å². The molecule has 0 aliphatic carbocycles. The van der Waals surface area contributed by atoms with Crippen molar-refractivity contribution in [2.45, 2.75) is 13.8 Å². The van der Waals surface area contributed by atoms with Crippen LogP contribution in [0.4, 0.5) is 0 Å². The van der Waals surface area contributed by atoms with Crippen LogP contribution in [-0.4, -0.2) is 22.8 Å². The van der Waals surface area contributed by atoms with E-state index in [0.29, 0.717) is 0 Å². The van der Waals surface area contributed by atoms with Gasteiger partial charge in [-0.25, -0.2) is 0 Å². The topological polar surface area (TPSA) is 57.5 Å². The Hall–Kier alpha value is -0.570. The Bertz CT molecular complexity index is 98.5. The van der Waals surface area contributed by atoms with Gasteiger partial charge in [-0.05, 0) is 5.92 Å². The Morgan fingerprint density at radius 1 is 1.56 bits per heavy atom. The minimum Gasteiger partial charge on any atom is -0.481 e. The van der Waals surface area contributed by atoms with Crippen LogP contribution in [0.5, 0.6) is 0 Å². The maximum absolute atomic E-state index is 10.2. The van der Waals surface area contributed by atoms with Gasteiger partial charge < -0.3 is 10.2 Å². The number of hydrogen-bond acceptors (Lipinski definition) is 2. The van der Waals surface area contributed by atoms with E-state index in [4.69, 9.17) is 10.2 Å². The van der Waals surface area contributed by atoms with E-state index >= 15 is 0 Å². The SMILES string of the molecule is CC(C)C(CO)C(=O)O. The summed E-state index contributed by atoms with van der Waals surface area (Å²) in [6, 6.07) is 0. The van der Waals surface area contributed by atoms with Crippen molar-refractivity contribution in [2.24, 2.45) is 11.8 Å². The number of carboxylic acid groups (broad SMARTS) is 1. The molecule has 54 valence electrons. The summed E-state index contributed by atoms with van der Waals surface area (Å²) >= 11 is 0. The number of hydrogen-bond donors (Lipinski definition) is 2. The number of carbonyl (C=O) groups is 1. The van der Waals surface area contributed by atoms with E-state index in [2.05, 4.69) is 0 Å². The molecule has 1 unspecified atom stereocenters. The van der Waals surface area contributed by atoms with Crippen molar-refractivity contribution in [3.8, 4) is 0 Å². The lowest BCUT2D eigenvalue weighted by atomic mass is 9.97. The smallest absolute Gasteiger partial charge is 0.309 e. The molecular formula is C6H12O3. The quantitative estimate of drug-likeness (QED) is 0.582. The van der Waals surface area contributed by atoms with Crippen molar-refractivity contribution in [3.05, 3.63) is 0 Å². The highest BCUT2D eigenvalue weighted by atomic mass is 16.4. The minimum atomic E-state index is -0.924. The normalized spacial score (nSPS) is 13.8. The lowest BCUT2D eigenvalue weighted by Crippen LogP contribution is -2.23. The van der Waals surface area contributed by atoms with E-state index in [9.17, 15) is 4.79 Å². The Kier molecular flexibility index (Phi) is 3.24. The molecule has 0 spiro atoms. The van der Waals surface area contributed by atoms with Gasteiger partial charge >= 0.3 is 5.97 Å². The van der Waals surface area contributed by atoms with Crippen LogP contribution in [0.2, 0.25) is 0 Å². The van der Waals surface area contributed by atoms with Crippen LogP contribution in [0.1, 0.15) is 13.8 Å². The fraction of sp³-hybridized carbons (Fsp3) is 0.833. The van der Waals surface area contributed by atoms with Crippen LogP contribution in [0.15, 0.2) is 0 Å². The molecule has 2 N–H and O–H groups in total. The number of aliphatic hydroxyl groups is 1. The zero-order valence-corrected chi connectivity index (χ0v) is 5.66. The first-order chi connectivity index (χ1) is 4.09. The molecule has 0 aliphatic rings. The standard InChI is InChI=1S/C6H12O3/c1-4(2)5(3-7)6(8)9/h4-5,7H,3H2,1-2H3,(H,8,9). The molecule has 3 nitrogen and oxygen atoms in total. The van der Waals surface area contributed by atoms with Gasteiger partial charge in [0.2, 0.25) is 0 Å². The Balaban J connectivity index is 3.83. The molecule has 1 atom stereocenters. The average Bonchev–Trinajstić information content (AvgIpc) is 1.64. The molecule has 0 aliphatic heterocycles. The zero-order chi connectivity index (χ0) is 7.44. The van der Waals surface area contributed by atoms with Crippen molar-refractivity contribution >= 4 is 5.97 Å². The predicted octanol–water partition coefficient (Wildman–Crippen LogP) is 0.336. The third-order valence-corrected chi connectivity index (χ3v) is 1.32. The van der Waals surface area contributed by atoms with Gasteiger partial charge in [0.1, 0.15) is 0 Å². The van der Waals surface area contributed by atoms with Crippen LogP contribution < -0.4 is 0 Å². The summed E-state index contributed by atoms with van der Waals surface area (Å²) in [6.07, 6.45) is 0. The molecule has 0 aromatic heterocycles. The Morgan fingerprint density at radius 3 is 2.00 bits per heavy atom. The summed E-state index contributed by atoms with van der Waals surface area (Å²) in [4.78, 5) is 10.2. The highest BCUT2D eigenvalue weighted by Gasteiger charge is 2.19. The van der Waals surface area contributed by atoms with Gasteiger partial charge in [-0.3, -0.25) is 4.79 Å². The van der Waals surface area contributed by atoms with Crippen molar-refractivity contribution in [1.29, 1.82) is 0 Å². The van der Waals surface area contributed by atoms with Crippen LogP contribution in [0.25, 0.3) is 0 Å². The second-order valence-corrected chi connectivity index (χ2v) is 2.37. The van der Waals surface area contributed by atoms with Gasteiger partial charge in [-0.15, -0.1) is 0 Å². The van der Waals surface area contributed by atoms with E-state index in [1.807, 2.05) is 0 Å². The molecule has 0 aromatic carbocycles. The summed E-state index contributed by atoms with van der Waals surface area (Å²) in [5.74, 6) is -1.52. The molecule has 0 saturated carbocycles. The zero-order valence-electron chi connectivity index (χ0n) is 5.66. The fourth-order valence-corrected chi connectivity index (χ4v) is 0.574. The van der Waals surface area contributed by atoms with Crippen LogP contribution >= 0.6 is 0 Å². The molecule has 0 aromatic rings. The van der Waals surface area contributed by atoms with Crippen LogP contribution in [0, 0.1) is 11.8 Å². The van der Waals surface area contributed by atoms with Crippen LogP contribution in [-0.2, 0) is 4.79 Å². The third-order valence-electron chi connectivity index (χ3n) is 1.32. The first-order valence-electron chi connectivity index (χ1n) is 2.93. The number of rotatable bonds is 3. The number of aliphatic carboxylic acids is 1. The summed E-state index contributed by atoms with van der Waals surface area (Å²) in [5, 5.41) is 16.9. The largest absolute Gasteiger partial charge is 0.481 e. The lowest BCUT2D eigenvalue weighted by Gasteiger charge is -2.11. The van der Waals surface area contributed by atoms with Gasteiger partial charge in [0, 0.05) is 0 Å². The van der Waals surface area contributed by atoms with E-state index in [1.165, 1.54) is 0 Å². The fourth-order valence-electron chi connectivity index (χ4n) is 0.574. The predicted molar refractivity (Wildman–Crippen MR) is 33.0 cm³/mol. The molecule has 0 heterocycles. The summed E-state index contributed by atoms with van der Waals surface area (Å²) in [6.45, 7) is 3.27. The van der Waals surface area contributed by atoms with Crippen molar-refractivity contribution in [2.75, 3.05) is 6.61 Å². The molecule has 0 fully saturated rings. The molecule has 0 rings (SSSR count). The molecule has 3 heteroatoms. The summed E-state index contributed by atoms with van der Waals surface area (Å²) in [5.41, 5.74) is 0. The average molecular weight is 132 g/mol. The molecule has 0 amide bonds. The summed E-state index contributed by atoms with van der Waals surface area (Å²) < 4.78 is 0. The minimum absolute atomic E-state index is 0.00694. The van der Waals surface area contributed by atoms with Gasteiger partial charge in [0.25, 0.3) is 0 Å². The maximum atomic E-state index is 10.2. The first kappa shape index (κ1) is 8.43. The van der Waals surface area contributed by atoms with Gasteiger partial charge in [0.05, 0.1) is 12.5 Å². The van der Waals surface area contributed by atoms with Gasteiger partial charge in [0.15, 0.2) is 0 Å². The highest BCUT2D eigenvalue weighted by Crippen LogP contribution is 2.08. The molecular weight excluding hydrogens is 120 g/mol. The number of aliphatic hydroxyl groups excluding tert-OH is 1. The van der Waals surface area contributed by atoms with Crippen molar-refractivity contribution in [3.63, 3.8) is 0 Å². The summed E-state index contributed by atoms with van der Waals surface area (Å²) in [7, 11) is 0. The van der Waals surface area contributed by atoms with E-state index in [1.54, 1.807) is 13.8 Å². The Morgan fingerprint density at radius 2 is 2.00 bits per heavy atom. The second kappa shape index (κ2) is 3.45. The van der Waals surface area contributed by atoms with Crippen molar-refractivity contribution < 1.29 is 15.0 Å². The Labute approximate surface area is 54.3 Å². The lowest BCUT2D eigenvalue weighted by molar-refractivity contribution is -0.144. The third kappa shape index (κ3) is 2.46. The monoisotopic (exact) mass is 132 g/mol. The van der Waals surface area contributed by atoms with Gasteiger partial charge in [-0.1, -0.05) is 13.8 Å². The molecule has 9 heavy (non-hydrogen) atoms. The number of carboxylic acids is 1. The first-order valence-corrected chi connectivity index (χ1v) is 2.93. The van der Waals surface area contributed by atoms with E-state index < -0.39 is 11.9 Å². The van der Waals surface area contributed by atoms with Crippen LogP contribution in [0.3, 0.4) is 0 Å². The molecule has 0 bridgehead atoms. The second-order valence-electron chi connectivity index (χ2n) is 2.37. The maximum Gasteiger partial charge on any atom is 0.309 e.